The number of amides is 2. The molecule has 3 heterocycles. The average Bonchev–Trinajstić information content (AvgIpc) is 3.59. The zero-order valence-corrected chi connectivity index (χ0v) is 24.7. The molecule has 0 fully saturated rings. The molecule has 3 aromatic rings. The first-order valence-electron chi connectivity index (χ1n) is 12.5. The van der Waals surface area contributed by atoms with Gasteiger partial charge in [-0.2, -0.15) is 0 Å². The van der Waals surface area contributed by atoms with Crippen LogP contribution in [0.3, 0.4) is 0 Å². The first-order chi connectivity index (χ1) is 18.1. The molecular formula is C26H33N5O4S3. The maximum absolute atomic E-state index is 12.9. The fourth-order valence-electron chi connectivity index (χ4n) is 4.40. The molecule has 12 heteroatoms. The topological polar surface area (TPSA) is 115 Å². The number of carbonyl (C=O) groups is 3. The van der Waals surface area contributed by atoms with Crippen LogP contribution in [0, 0.1) is 11.3 Å². The molecule has 1 unspecified atom stereocenters. The number of hydrogen-bond acceptors (Lipinski definition) is 9. The molecule has 9 nitrogen and oxygen atoms in total. The Morgan fingerprint density at radius 1 is 1.26 bits per heavy atom. The van der Waals surface area contributed by atoms with Gasteiger partial charge in [0.2, 0.25) is 5.91 Å². The van der Waals surface area contributed by atoms with Crippen LogP contribution >= 0.6 is 34.4 Å². The highest BCUT2D eigenvalue weighted by molar-refractivity contribution is 7.99. The Kier molecular flexibility index (Phi) is 8.94. The Morgan fingerprint density at radius 2 is 2.05 bits per heavy atom. The van der Waals surface area contributed by atoms with E-state index in [1.807, 2.05) is 11.4 Å². The predicted molar refractivity (Wildman–Crippen MR) is 151 cm³/mol. The van der Waals surface area contributed by atoms with Gasteiger partial charge in [-0.15, -0.1) is 32.9 Å². The fourth-order valence-corrected chi connectivity index (χ4v) is 7.11. The largest absolute Gasteiger partial charge is 0.462 e. The summed E-state index contributed by atoms with van der Waals surface area (Å²) < 4.78 is 7.10. The molecule has 0 saturated carbocycles. The molecule has 1 aliphatic rings. The number of nitrogens with one attached hydrogen (secondary N) is 2. The molecule has 3 aromatic heterocycles. The van der Waals surface area contributed by atoms with Crippen LogP contribution < -0.4 is 10.6 Å². The minimum atomic E-state index is -0.385. The van der Waals surface area contributed by atoms with Crippen molar-refractivity contribution in [1.29, 1.82) is 0 Å². The molecule has 0 radical (unpaired) electrons. The summed E-state index contributed by atoms with van der Waals surface area (Å²) in [5, 5.41) is 17.1. The van der Waals surface area contributed by atoms with Crippen LogP contribution in [0.2, 0.25) is 0 Å². The first-order valence-corrected chi connectivity index (χ1v) is 15.2. The van der Waals surface area contributed by atoms with Gasteiger partial charge in [-0.25, -0.2) is 4.79 Å². The predicted octanol–water partition coefficient (Wildman–Crippen LogP) is 4.93. The minimum Gasteiger partial charge on any atom is -0.462 e. The summed E-state index contributed by atoms with van der Waals surface area (Å²) in [7, 11) is 1.80. The highest BCUT2D eigenvalue weighted by Crippen LogP contribution is 2.44. The molecule has 204 valence electrons. The third kappa shape index (κ3) is 6.47. The second-order valence-electron chi connectivity index (χ2n) is 10.2. The molecule has 4 rings (SSSR count). The number of rotatable bonds is 9. The van der Waals surface area contributed by atoms with E-state index in [4.69, 9.17) is 4.74 Å². The number of fused-ring (bicyclic) bond motifs is 1. The molecule has 1 aliphatic carbocycles. The highest BCUT2D eigenvalue weighted by Gasteiger charge is 2.34. The lowest BCUT2D eigenvalue weighted by Crippen LogP contribution is -2.26. The highest BCUT2D eigenvalue weighted by atomic mass is 32.2. The van der Waals surface area contributed by atoms with E-state index in [1.165, 1.54) is 34.4 Å². The number of anilines is 1. The van der Waals surface area contributed by atoms with Gasteiger partial charge >= 0.3 is 5.97 Å². The van der Waals surface area contributed by atoms with Crippen molar-refractivity contribution in [3.8, 4) is 0 Å². The van der Waals surface area contributed by atoms with E-state index >= 15 is 0 Å². The zero-order valence-electron chi connectivity index (χ0n) is 22.3. The standard InChI is InChI=1S/C26H33N5O4S3/c1-6-35-24(34)21-16-10-9-15(26(2,3)4)12-18(16)38-23(21)28-20(32)14-37-25-30-29-19(31(25)5)13-27-22(33)17-8-7-11-36-17/h7-8,11,15H,6,9-10,12-14H2,1-5H3,(H,27,33)(H,28,32). The van der Waals surface area contributed by atoms with E-state index in [1.54, 1.807) is 24.6 Å². The summed E-state index contributed by atoms with van der Waals surface area (Å²) >= 11 is 4.10. The fraction of sp³-hybridized carbons (Fsp3) is 0.500. The molecule has 0 bridgehead atoms. The number of hydrogen-bond donors (Lipinski definition) is 2. The Bertz CT molecular complexity index is 1310. The second-order valence-corrected chi connectivity index (χ2v) is 13.2. The smallest absolute Gasteiger partial charge is 0.341 e. The third-order valence-electron chi connectivity index (χ3n) is 6.63. The quantitative estimate of drug-likeness (QED) is 0.275. The van der Waals surface area contributed by atoms with Gasteiger partial charge in [0.15, 0.2) is 11.0 Å². The number of ether oxygens (including phenoxy) is 1. The third-order valence-corrected chi connectivity index (χ3v) is 9.69. The van der Waals surface area contributed by atoms with Crippen LogP contribution in [0.25, 0.3) is 0 Å². The van der Waals surface area contributed by atoms with Crippen molar-refractivity contribution < 1.29 is 19.1 Å². The Labute approximate surface area is 234 Å². The summed E-state index contributed by atoms with van der Waals surface area (Å²) in [5.41, 5.74) is 1.69. The summed E-state index contributed by atoms with van der Waals surface area (Å²) in [6.07, 6.45) is 2.70. The van der Waals surface area contributed by atoms with E-state index in [9.17, 15) is 14.4 Å². The molecule has 0 aromatic carbocycles. The Balaban J connectivity index is 1.40. The molecule has 0 aliphatic heterocycles. The monoisotopic (exact) mass is 575 g/mol. The van der Waals surface area contributed by atoms with Gasteiger partial charge in [-0.3, -0.25) is 9.59 Å². The molecule has 1 atom stereocenters. The van der Waals surface area contributed by atoms with Crippen LogP contribution in [0.1, 0.15) is 70.4 Å². The number of nitrogens with zero attached hydrogens (tertiary/aromatic N) is 3. The molecule has 2 N–H and O–H groups in total. The number of aromatic nitrogens is 3. The van der Waals surface area contributed by atoms with Crippen LogP contribution in [0.4, 0.5) is 5.00 Å². The summed E-state index contributed by atoms with van der Waals surface area (Å²) in [4.78, 5) is 39.8. The zero-order chi connectivity index (χ0) is 27.4. The van der Waals surface area contributed by atoms with Crippen molar-refractivity contribution in [2.45, 2.75) is 58.7 Å². The van der Waals surface area contributed by atoms with Crippen molar-refractivity contribution >= 4 is 57.2 Å². The summed E-state index contributed by atoms with van der Waals surface area (Å²) in [6, 6.07) is 3.59. The van der Waals surface area contributed by atoms with Crippen molar-refractivity contribution in [2.75, 3.05) is 17.7 Å². The van der Waals surface area contributed by atoms with E-state index < -0.39 is 0 Å². The summed E-state index contributed by atoms with van der Waals surface area (Å²) in [6.45, 7) is 9.03. The van der Waals surface area contributed by atoms with Crippen molar-refractivity contribution in [2.24, 2.45) is 18.4 Å². The number of carbonyl (C=O) groups excluding carboxylic acids is 3. The lowest BCUT2D eigenvalue weighted by atomic mass is 9.72. The van der Waals surface area contributed by atoms with Gasteiger partial charge in [0.05, 0.1) is 29.3 Å². The second kappa shape index (κ2) is 12.0. The number of thiophene rings is 2. The van der Waals surface area contributed by atoms with Crippen LogP contribution in [0.5, 0.6) is 0 Å². The van der Waals surface area contributed by atoms with Crippen LogP contribution in [0.15, 0.2) is 22.7 Å². The number of esters is 1. The Hall–Kier alpha value is -2.70. The molecule has 0 spiro atoms. The van der Waals surface area contributed by atoms with Gasteiger partial charge in [0, 0.05) is 11.9 Å². The lowest BCUT2D eigenvalue weighted by Gasteiger charge is -2.33. The maximum Gasteiger partial charge on any atom is 0.341 e. The average molecular weight is 576 g/mol. The maximum atomic E-state index is 12.9. The lowest BCUT2D eigenvalue weighted by molar-refractivity contribution is -0.113. The first kappa shape index (κ1) is 28.3. The van der Waals surface area contributed by atoms with E-state index in [0.29, 0.717) is 32.3 Å². The SMILES string of the molecule is CCOC(=O)c1c(NC(=O)CSc2nnc(CNC(=O)c3cccs3)n2C)sc2c1CCC(C(C)(C)C)C2. The normalized spacial score (nSPS) is 15.1. The van der Waals surface area contributed by atoms with Crippen molar-refractivity contribution in [1.82, 2.24) is 20.1 Å². The molecule has 2 amide bonds. The molecule has 38 heavy (non-hydrogen) atoms. The molecule has 0 saturated heterocycles. The van der Waals surface area contributed by atoms with Gasteiger partial charge in [-0.05, 0) is 54.5 Å². The Morgan fingerprint density at radius 3 is 2.74 bits per heavy atom. The minimum absolute atomic E-state index is 0.100. The van der Waals surface area contributed by atoms with E-state index in [0.717, 1.165) is 29.7 Å². The summed E-state index contributed by atoms with van der Waals surface area (Å²) in [5.74, 6) is 0.418. The van der Waals surface area contributed by atoms with E-state index in [2.05, 4.69) is 41.6 Å². The van der Waals surface area contributed by atoms with Gasteiger partial charge in [-0.1, -0.05) is 38.6 Å². The molecular weight excluding hydrogens is 543 g/mol. The van der Waals surface area contributed by atoms with Crippen LogP contribution in [-0.2, 0) is 36.0 Å². The van der Waals surface area contributed by atoms with Gasteiger partial charge in [0.25, 0.3) is 5.91 Å². The van der Waals surface area contributed by atoms with Crippen molar-refractivity contribution in [3.63, 3.8) is 0 Å². The van der Waals surface area contributed by atoms with Gasteiger partial charge < -0.3 is 19.9 Å². The van der Waals surface area contributed by atoms with Crippen molar-refractivity contribution in [3.05, 3.63) is 44.2 Å². The number of thioether (sulfide) groups is 1. The van der Waals surface area contributed by atoms with E-state index in [-0.39, 0.29) is 42.1 Å². The van der Waals surface area contributed by atoms with Crippen LogP contribution in [-0.4, -0.2) is 44.9 Å². The van der Waals surface area contributed by atoms with Gasteiger partial charge in [0.1, 0.15) is 5.00 Å².